The van der Waals surface area contributed by atoms with Crippen LogP contribution < -0.4 is 0 Å². The van der Waals surface area contributed by atoms with E-state index in [0.29, 0.717) is 12.2 Å². The third kappa shape index (κ3) is 3.82. The second-order valence-electron chi connectivity index (χ2n) is 5.11. The first-order chi connectivity index (χ1) is 9.72. The standard InChI is InChI=1S/C16H20N2O2/c1-2-20-16(19)15-6-8-18(9-7-15)12-14-5-3-4-13(10-14)11-17/h3-5,10,15H,2,6-9,12H2,1H3. The summed E-state index contributed by atoms with van der Waals surface area (Å²) in [5.74, 6) is -0.00438. The highest BCUT2D eigenvalue weighted by molar-refractivity contribution is 5.72. The van der Waals surface area contributed by atoms with Crippen LogP contribution in [0.15, 0.2) is 24.3 Å². The largest absolute Gasteiger partial charge is 0.466 e. The number of benzene rings is 1. The number of likely N-dealkylation sites (tertiary alicyclic amines) is 1. The number of carbonyl (C=O) groups is 1. The van der Waals surface area contributed by atoms with E-state index in [2.05, 4.69) is 11.0 Å². The van der Waals surface area contributed by atoms with Crippen molar-refractivity contribution in [1.29, 1.82) is 5.26 Å². The van der Waals surface area contributed by atoms with Gasteiger partial charge in [-0.2, -0.15) is 5.26 Å². The third-order valence-electron chi connectivity index (χ3n) is 3.67. The van der Waals surface area contributed by atoms with Gasteiger partial charge in [0.15, 0.2) is 0 Å². The summed E-state index contributed by atoms with van der Waals surface area (Å²) in [7, 11) is 0. The van der Waals surface area contributed by atoms with E-state index in [1.165, 1.54) is 0 Å². The normalized spacial score (nSPS) is 16.6. The van der Waals surface area contributed by atoms with Crippen molar-refractivity contribution in [3.63, 3.8) is 0 Å². The van der Waals surface area contributed by atoms with Crippen molar-refractivity contribution in [2.45, 2.75) is 26.3 Å². The lowest BCUT2D eigenvalue weighted by molar-refractivity contribution is -0.149. The zero-order valence-corrected chi connectivity index (χ0v) is 11.8. The average molecular weight is 272 g/mol. The number of rotatable bonds is 4. The predicted molar refractivity (Wildman–Crippen MR) is 75.8 cm³/mol. The fraction of sp³-hybridized carbons (Fsp3) is 0.500. The SMILES string of the molecule is CCOC(=O)C1CCN(Cc2cccc(C#N)c2)CC1. The minimum atomic E-state index is -0.0568. The molecule has 0 atom stereocenters. The Morgan fingerprint density at radius 2 is 2.20 bits per heavy atom. The van der Waals surface area contributed by atoms with Crippen LogP contribution in [0.3, 0.4) is 0 Å². The lowest BCUT2D eigenvalue weighted by atomic mass is 9.96. The highest BCUT2D eigenvalue weighted by atomic mass is 16.5. The van der Waals surface area contributed by atoms with Crippen molar-refractivity contribution in [1.82, 2.24) is 4.90 Å². The first kappa shape index (κ1) is 14.5. The summed E-state index contributed by atoms with van der Waals surface area (Å²) in [5.41, 5.74) is 1.85. The molecule has 0 amide bonds. The Morgan fingerprint density at radius 3 is 2.85 bits per heavy atom. The van der Waals surface area contributed by atoms with Gasteiger partial charge in [-0.1, -0.05) is 12.1 Å². The van der Waals surface area contributed by atoms with E-state index in [0.717, 1.165) is 38.0 Å². The van der Waals surface area contributed by atoms with Crippen molar-refractivity contribution in [2.75, 3.05) is 19.7 Å². The Morgan fingerprint density at radius 1 is 1.45 bits per heavy atom. The number of hydrogen-bond donors (Lipinski definition) is 0. The molecule has 0 aromatic heterocycles. The lowest BCUT2D eigenvalue weighted by Crippen LogP contribution is -2.36. The molecule has 4 nitrogen and oxygen atoms in total. The minimum Gasteiger partial charge on any atom is -0.466 e. The Labute approximate surface area is 120 Å². The molecule has 1 aromatic carbocycles. The smallest absolute Gasteiger partial charge is 0.309 e. The maximum atomic E-state index is 11.7. The van der Waals surface area contributed by atoms with Crippen LogP contribution in [0, 0.1) is 17.2 Å². The predicted octanol–water partition coefficient (Wildman–Crippen LogP) is 2.33. The van der Waals surface area contributed by atoms with Gasteiger partial charge in [0.25, 0.3) is 0 Å². The Bertz CT molecular complexity index is 499. The van der Waals surface area contributed by atoms with E-state index in [9.17, 15) is 4.79 Å². The fourth-order valence-corrected chi connectivity index (χ4v) is 2.58. The molecular formula is C16H20N2O2. The van der Waals surface area contributed by atoms with Crippen LogP contribution in [0.25, 0.3) is 0 Å². The third-order valence-corrected chi connectivity index (χ3v) is 3.67. The van der Waals surface area contributed by atoms with Crippen molar-refractivity contribution in [2.24, 2.45) is 5.92 Å². The van der Waals surface area contributed by atoms with Crippen LogP contribution in [-0.4, -0.2) is 30.6 Å². The second kappa shape index (κ2) is 7.06. The van der Waals surface area contributed by atoms with E-state index in [4.69, 9.17) is 10.00 Å². The van der Waals surface area contributed by atoms with Gasteiger partial charge in [0, 0.05) is 6.54 Å². The van der Waals surface area contributed by atoms with Gasteiger partial charge in [0.05, 0.1) is 24.2 Å². The summed E-state index contributed by atoms with van der Waals surface area (Å²) in [6, 6.07) is 9.86. The molecule has 0 bridgehead atoms. The summed E-state index contributed by atoms with van der Waals surface area (Å²) in [6.07, 6.45) is 1.72. The molecule has 0 aliphatic carbocycles. The van der Waals surface area contributed by atoms with Crippen LogP contribution in [0.5, 0.6) is 0 Å². The molecule has 0 radical (unpaired) electrons. The van der Waals surface area contributed by atoms with E-state index < -0.39 is 0 Å². The van der Waals surface area contributed by atoms with Gasteiger partial charge in [0.1, 0.15) is 0 Å². The topological polar surface area (TPSA) is 53.3 Å². The van der Waals surface area contributed by atoms with Crippen LogP contribution in [-0.2, 0) is 16.1 Å². The van der Waals surface area contributed by atoms with E-state index in [1.807, 2.05) is 31.2 Å². The summed E-state index contributed by atoms with van der Waals surface area (Å²) < 4.78 is 5.07. The van der Waals surface area contributed by atoms with Crippen molar-refractivity contribution in [3.8, 4) is 6.07 Å². The Hall–Kier alpha value is -1.86. The number of nitriles is 1. The number of hydrogen-bond acceptors (Lipinski definition) is 4. The molecule has 0 saturated carbocycles. The zero-order chi connectivity index (χ0) is 14.4. The highest BCUT2D eigenvalue weighted by Gasteiger charge is 2.25. The van der Waals surface area contributed by atoms with Crippen molar-refractivity contribution >= 4 is 5.97 Å². The van der Waals surface area contributed by atoms with Crippen molar-refractivity contribution in [3.05, 3.63) is 35.4 Å². The number of carbonyl (C=O) groups excluding carboxylic acids is 1. The van der Waals surface area contributed by atoms with Gasteiger partial charge in [-0.05, 0) is 50.6 Å². The molecule has 1 fully saturated rings. The molecule has 1 heterocycles. The molecule has 0 N–H and O–H groups in total. The van der Waals surface area contributed by atoms with Gasteiger partial charge in [-0.25, -0.2) is 0 Å². The first-order valence-electron chi connectivity index (χ1n) is 7.11. The Balaban J connectivity index is 1.85. The van der Waals surface area contributed by atoms with Crippen LogP contribution >= 0.6 is 0 Å². The maximum Gasteiger partial charge on any atom is 0.309 e. The molecule has 20 heavy (non-hydrogen) atoms. The number of piperidine rings is 1. The number of ether oxygens (including phenoxy) is 1. The maximum absolute atomic E-state index is 11.7. The minimum absolute atomic E-state index is 0.0524. The summed E-state index contributed by atoms with van der Waals surface area (Å²) in [4.78, 5) is 14.0. The molecular weight excluding hydrogens is 252 g/mol. The van der Waals surface area contributed by atoms with E-state index in [1.54, 1.807) is 0 Å². The zero-order valence-electron chi connectivity index (χ0n) is 11.8. The summed E-state index contributed by atoms with van der Waals surface area (Å²) in [6.45, 7) is 4.95. The van der Waals surface area contributed by atoms with Crippen molar-refractivity contribution < 1.29 is 9.53 Å². The molecule has 1 aliphatic rings. The molecule has 1 saturated heterocycles. The average Bonchev–Trinajstić information content (AvgIpc) is 2.48. The van der Waals surface area contributed by atoms with Gasteiger partial charge in [-0.15, -0.1) is 0 Å². The fourth-order valence-electron chi connectivity index (χ4n) is 2.58. The first-order valence-corrected chi connectivity index (χ1v) is 7.11. The van der Waals surface area contributed by atoms with Gasteiger partial charge >= 0.3 is 5.97 Å². The molecule has 0 spiro atoms. The lowest BCUT2D eigenvalue weighted by Gasteiger charge is -2.30. The number of nitrogens with zero attached hydrogens (tertiary/aromatic N) is 2. The monoisotopic (exact) mass is 272 g/mol. The quantitative estimate of drug-likeness (QED) is 0.789. The van der Waals surface area contributed by atoms with Crippen LogP contribution in [0.1, 0.15) is 30.9 Å². The van der Waals surface area contributed by atoms with Gasteiger partial charge in [0.2, 0.25) is 0 Å². The number of esters is 1. The molecule has 1 aromatic rings. The van der Waals surface area contributed by atoms with Gasteiger partial charge < -0.3 is 4.74 Å². The summed E-state index contributed by atoms with van der Waals surface area (Å²) in [5, 5.41) is 8.90. The second-order valence-corrected chi connectivity index (χ2v) is 5.11. The van der Waals surface area contributed by atoms with Gasteiger partial charge in [-0.3, -0.25) is 9.69 Å². The molecule has 1 aliphatic heterocycles. The Kier molecular flexibility index (Phi) is 5.14. The van der Waals surface area contributed by atoms with Crippen LogP contribution in [0.4, 0.5) is 0 Å². The van der Waals surface area contributed by atoms with E-state index >= 15 is 0 Å². The highest BCUT2D eigenvalue weighted by Crippen LogP contribution is 2.20. The molecule has 4 heteroatoms. The molecule has 0 unspecified atom stereocenters. The molecule has 106 valence electrons. The molecule has 2 rings (SSSR count). The summed E-state index contributed by atoms with van der Waals surface area (Å²) >= 11 is 0. The van der Waals surface area contributed by atoms with Crippen LogP contribution in [0.2, 0.25) is 0 Å². The van der Waals surface area contributed by atoms with E-state index in [-0.39, 0.29) is 11.9 Å².